The molecule has 1 N–H and O–H groups in total. The van der Waals surface area contributed by atoms with Gasteiger partial charge < -0.3 is 5.32 Å². The van der Waals surface area contributed by atoms with Crippen molar-refractivity contribution in [3.8, 4) is 5.69 Å². The zero-order chi connectivity index (χ0) is 18.2. The van der Waals surface area contributed by atoms with Crippen LogP contribution in [-0.2, 0) is 11.3 Å². The van der Waals surface area contributed by atoms with Crippen LogP contribution in [0.25, 0.3) is 5.69 Å². The third-order valence-electron chi connectivity index (χ3n) is 3.84. The van der Waals surface area contributed by atoms with Gasteiger partial charge in [0.25, 0.3) is 0 Å². The molecule has 2 aromatic heterocycles. The lowest BCUT2D eigenvalue weighted by Crippen LogP contribution is -2.22. The summed E-state index contributed by atoms with van der Waals surface area (Å²) in [6.45, 7) is 0.302. The number of nitrogens with one attached hydrogen (secondary N) is 1. The SMILES string of the molecule is O=C(CCCC(=O)c1ccccc1)NCc1cn(-c2ccncc2)nn1. The Balaban J connectivity index is 1.41. The Kier molecular flexibility index (Phi) is 5.82. The van der Waals surface area contributed by atoms with Crippen molar-refractivity contribution in [3.05, 3.63) is 72.3 Å². The van der Waals surface area contributed by atoms with Crippen LogP contribution in [0.1, 0.15) is 35.3 Å². The number of carbonyl (C=O) groups excluding carboxylic acids is 2. The van der Waals surface area contributed by atoms with Crippen molar-refractivity contribution in [1.29, 1.82) is 0 Å². The smallest absolute Gasteiger partial charge is 0.220 e. The van der Waals surface area contributed by atoms with E-state index in [1.807, 2.05) is 30.3 Å². The number of amides is 1. The lowest BCUT2D eigenvalue weighted by atomic mass is 10.1. The van der Waals surface area contributed by atoms with E-state index < -0.39 is 0 Å². The lowest BCUT2D eigenvalue weighted by Gasteiger charge is -2.03. The van der Waals surface area contributed by atoms with Gasteiger partial charge >= 0.3 is 0 Å². The van der Waals surface area contributed by atoms with Gasteiger partial charge in [0.15, 0.2) is 5.78 Å². The maximum absolute atomic E-state index is 12.0. The molecule has 0 radical (unpaired) electrons. The third kappa shape index (κ3) is 4.83. The summed E-state index contributed by atoms with van der Waals surface area (Å²) in [6, 6.07) is 12.7. The van der Waals surface area contributed by atoms with Crippen molar-refractivity contribution in [2.45, 2.75) is 25.8 Å². The summed E-state index contributed by atoms with van der Waals surface area (Å²) in [5.41, 5.74) is 2.20. The second-order valence-corrected chi connectivity index (χ2v) is 5.78. The zero-order valence-corrected chi connectivity index (χ0v) is 14.2. The summed E-state index contributed by atoms with van der Waals surface area (Å²) < 4.78 is 1.63. The molecule has 0 unspecified atom stereocenters. The maximum atomic E-state index is 12.0. The van der Waals surface area contributed by atoms with Gasteiger partial charge in [0, 0.05) is 30.8 Å². The van der Waals surface area contributed by atoms with Gasteiger partial charge in [-0.1, -0.05) is 35.5 Å². The average Bonchev–Trinajstić information content (AvgIpc) is 3.17. The molecule has 26 heavy (non-hydrogen) atoms. The Hall–Kier alpha value is -3.35. The molecule has 2 heterocycles. The minimum absolute atomic E-state index is 0.0543. The predicted molar refractivity (Wildman–Crippen MR) is 95.6 cm³/mol. The highest BCUT2D eigenvalue weighted by molar-refractivity contribution is 5.96. The molecule has 132 valence electrons. The van der Waals surface area contributed by atoms with Gasteiger partial charge in [-0.2, -0.15) is 0 Å². The van der Waals surface area contributed by atoms with Gasteiger partial charge in [0.2, 0.25) is 5.91 Å². The summed E-state index contributed by atoms with van der Waals surface area (Å²) in [5.74, 6) is -0.0528. The fourth-order valence-electron chi connectivity index (χ4n) is 2.46. The predicted octanol–water partition coefficient (Wildman–Crippen LogP) is 2.33. The highest BCUT2D eigenvalue weighted by Crippen LogP contribution is 2.07. The van der Waals surface area contributed by atoms with E-state index in [1.165, 1.54) is 0 Å². The molecule has 0 aliphatic carbocycles. The molecule has 7 nitrogen and oxygen atoms in total. The first-order valence-corrected chi connectivity index (χ1v) is 8.39. The van der Waals surface area contributed by atoms with Crippen molar-refractivity contribution in [1.82, 2.24) is 25.3 Å². The third-order valence-corrected chi connectivity index (χ3v) is 3.84. The number of pyridine rings is 1. The van der Waals surface area contributed by atoms with E-state index in [0.717, 1.165) is 5.69 Å². The van der Waals surface area contributed by atoms with Crippen molar-refractivity contribution < 1.29 is 9.59 Å². The number of ketones is 1. The molecule has 0 fully saturated rings. The molecule has 3 aromatic rings. The van der Waals surface area contributed by atoms with Crippen LogP contribution in [0.2, 0.25) is 0 Å². The largest absolute Gasteiger partial charge is 0.350 e. The number of carbonyl (C=O) groups is 2. The van der Waals surface area contributed by atoms with Crippen molar-refractivity contribution in [2.75, 3.05) is 0 Å². The quantitative estimate of drug-likeness (QED) is 0.631. The summed E-state index contributed by atoms with van der Waals surface area (Å²) in [5, 5.41) is 10.9. The fourth-order valence-corrected chi connectivity index (χ4v) is 2.46. The maximum Gasteiger partial charge on any atom is 0.220 e. The first-order valence-electron chi connectivity index (χ1n) is 8.39. The van der Waals surface area contributed by atoms with Crippen LogP contribution >= 0.6 is 0 Å². The summed E-state index contributed by atoms with van der Waals surface area (Å²) >= 11 is 0. The van der Waals surface area contributed by atoms with E-state index in [0.29, 0.717) is 37.1 Å². The highest BCUT2D eigenvalue weighted by Gasteiger charge is 2.08. The van der Waals surface area contributed by atoms with Crippen LogP contribution < -0.4 is 5.32 Å². The van der Waals surface area contributed by atoms with Gasteiger partial charge in [0.1, 0.15) is 5.69 Å². The number of benzene rings is 1. The topological polar surface area (TPSA) is 89.8 Å². The fraction of sp³-hybridized carbons (Fsp3) is 0.211. The van der Waals surface area contributed by atoms with E-state index in [2.05, 4.69) is 20.6 Å². The number of Topliss-reactive ketones (excluding diaryl/α,β-unsaturated/α-hetero) is 1. The molecular weight excluding hydrogens is 330 g/mol. The molecular formula is C19H19N5O2. The molecule has 0 saturated heterocycles. The number of hydrogen-bond donors (Lipinski definition) is 1. The molecule has 0 atom stereocenters. The van der Waals surface area contributed by atoms with Crippen LogP contribution in [0, 0.1) is 0 Å². The number of aromatic nitrogens is 4. The average molecular weight is 349 g/mol. The van der Waals surface area contributed by atoms with Gasteiger partial charge in [-0.3, -0.25) is 14.6 Å². The van der Waals surface area contributed by atoms with Gasteiger partial charge in [-0.15, -0.1) is 5.10 Å². The first-order chi connectivity index (χ1) is 12.7. The highest BCUT2D eigenvalue weighted by atomic mass is 16.1. The Labute approximate surface area is 151 Å². The Morgan fingerprint density at radius 1 is 1.00 bits per heavy atom. The number of hydrogen-bond acceptors (Lipinski definition) is 5. The Bertz CT molecular complexity index is 862. The van der Waals surface area contributed by atoms with Crippen molar-refractivity contribution in [3.63, 3.8) is 0 Å². The van der Waals surface area contributed by atoms with E-state index in [1.54, 1.807) is 35.4 Å². The summed E-state index contributed by atoms with van der Waals surface area (Å²) in [7, 11) is 0. The van der Waals surface area contributed by atoms with Crippen LogP contribution in [0.5, 0.6) is 0 Å². The van der Waals surface area contributed by atoms with E-state index in [9.17, 15) is 9.59 Å². The number of nitrogens with zero attached hydrogens (tertiary/aromatic N) is 4. The molecule has 0 spiro atoms. The van der Waals surface area contributed by atoms with Crippen LogP contribution in [0.4, 0.5) is 0 Å². The van der Waals surface area contributed by atoms with Gasteiger partial charge in [-0.05, 0) is 18.6 Å². The molecule has 0 aliphatic rings. The molecule has 1 aromatic carbocycles. The molecule has 1 amide bonds. The van der Waals surface area contributed by atoms with Crippen LogP contribution in [0.15, 0.2) is 61.1 Å². The molecule has 7 heteroatoms. The van der Waals surface area contributed by atoms with Crippen molar-refractivity contribution in [2.24, 2.45) is 0 Å². The second kappa shape index (κ2) is 8.66. The molecule has 0 saturated carbocycles. The molecule has 0 aliphatic heterocycles. The summed E-state index contributed by atoms with van der Waals surface area (Å²) in [6.07, 6.45) is 6.29. The minimum Gasteiger partial charge on any atom is -0.350 e. The zero-order valence-electron chi connectivity index (χ0n) is 14.2. The van der Waals surface area contributed by atoms with E-state index in [-0.39, 0.29) is 11.7 Å². The van der Waals surface area contributed by atoms with Crippen LogP contribution in [-0.4, -0.2) is 31.7 Å². The summed E-state index contributed by atoms with van der Waals surface area (Å²) in [4.78, 5) is 27.9. The normalized spacial score (nSPS) is 10.5. The Morgan fingerprint density at radius 2 is 1.77 bits per heavy atom. The lowest BCUT2D eigenvalue weighted by molar-refractivity contribution is -0.121. The first kappa shape index (κ1) is 17.5. The van der Waals surface area contributed by atoms with E-state index in [4.69, 9.17) is 0 Å². The van der Waals surface area contributed by atoms with Crippen molar-refractivity contribution >= 4 is 11.7 Å². The standard InChI is InChI=1S/C19H19N5O2/c25-18(15-5-2-1-3-6-15)7-4-8-19(26)21-13-16-14-24(23-22-16)17-9-11-20-12-10-17/h1-3,5-6,9-12,14H,4,7-8,13H2,(H,21,26). The van der Waals surface area contributed by atoms with Gasteiger partial charge in [0.05, 0.1) is 18.4 Å². The molecule has 0 bridgehead atoms. The van der Waals surface area contributed by atoms with Gasteiger partial charge in [-0.25, -0.2) is 4.68 Å². The molecule has 3 rings (SSSR count). The Morgan fingerprint density at radius 3 is 2.54 bits per heavy atom. The number of rotatable bonds is 8. The monoisotopic (exact) mass is 349 g/mol. The minimum atomic E-state index is -0.107. The van der Waals surface area contributed by atoms with E-state index >= 15 is 0 Å². The second-order valence-electron chi connectivity index (χ2n) is 5.78. The van der Waals surface area contributed by atoms with Crippen LogP contribution in [0.3, 0.4) is 0 Å².